The van der Waals surface area contributed by atoms with Crippen LogP contribution in [0, 0.1) is 5.82 Å². The molecule has 9 heteroatoms. The zero-order chi connectivity index (χ0) is 20.9. The van der Waals surface area contributed by atoms with Crippen LogP contribution in [0.3, 0.4) is 0 Å². The molecule has 0 fully saturated rings. The first-order valence-electron chi connectivity index (χ1n) is 9.55. The van der Waals surface area contributed by atoms with Gasteiger partial charge in [0.25, 0.3) is 11.3 Å². The van der Waals surface area contributed by atoms with Crippen molar-refractivity contribution in [2.45, 2.75) is 20.0 Å². The summed E-state index contributed by atoms with van der Waals surface area (Å²) in [5.74, 6) is 1.11. The average Bonchev–Trinajstić information content (AvgIpc) is 3.17. The van der Waals surface area contributed by atoms with Gasteiger partial charge in [-0.25, -0.2) is 9.37 Å². The van der Waals surface area contributed by atoms with Crippen molar-refractivity contribution in [3.63, 3.8) is 0 Å². The number of para-hydroxylation sites is 2. The number of H-pyrrole nitrogens is 1. The van der Waals surface area contributed by atoms with Gasteiger partial charge in [0, 0.05) is 12.6 Å². The highest BCUT2D eigenvalue weighted by molar-refractivity contribution is 5.56. The van der Waals surface area contributed by atoms with E-state index < -0.39 is 0 Å². The van der Waals surface area contributed by atoms with Gasteiger partial charge in [-0.15, -0.1) is 0 Å². The lowest BCUT2D eigenvalue weighted by Gasteiger charge is -2.11. The van der Waals surface area contributed by atoms with Crippen molar-refractivity contribution in [1.29, 1.82) is 0 Å². The first-order valence-corrected chi connectivity index (χ1v) is 9.55. The van der Waals surface area contributed by atoms with Gasteiger partial charge in [-0.05, 0) is 36.8 Å². The fraction of sp³-hybridized carbons (Fsp3) is 0.190. The molecule has 0 saturated carbocycles. The van der Waals surface area contributed by atoms with Gasteiger partial charge < -0.3 is 15.4 Å². The van der Waals surface area contributed by atoms with Gasteiger partial charge in [-0.2, -0.15) is 9.50 Å². The standard InChI is InChI=1S/C21H21FN6O2/c1-2-30-18-6-4-3-5-17(18)23-13-16-11-19(29)28-21(25-16)26-20(27-28)24-12-14-7-9-15(22)10-8-14/h3-11,23H,2,12-13H2,1H3,(H2,24,25,26,27). The number of aromatic amines is 1. The number of aromatic nitrogens is 4. The topological polar surface area (TPSA) is 96.3 Å². The Morgan fingerprint density at radius 2 is 1.87 bits per heavy atom. The van der Waals surface area contributed by atoms with E-state index in [1.807, 2.05) is 31.2 Å². The summed E-state index contributed by atoms with van der Waals surface area (Å²) in [6, 6.07) is 15.2. The summed E-state index contributed by atoms with van der Waals surface area (Å²) in [6.45, 7) is 3.26. The molecule has 0 spiro atoms. The number of anilines is 2. The Morgan fingerprint density at radius 1 is 1.07 bits per heavy atom. The van der Waals surface area contributed by atoms with E-state index in [0.29, 0.717) is 31.3 Å². The van der Waals surface area contributed by atoms with Crippen LogP contribution in [0.4, 0.5) is 16.0 Å². The lowest BCUT2D eigenvalue weighted by Crippen LogP contribution is -2.17. The smallest absolute Gasteiger partial charge is 0.274 e. The largest absolute Gasteiger partial charge is 0.492 e. The molecular weight excluding hydrogens is 387 g/mol. The molecule has 154 valence electrons. The molecule has 0 unspecified atom stereocenters. The highest BCUT2D eigenvalue weighted by Gasteiger charge is 2.09. The number of rotatable bonds is 8. The Balaban J connectivity index is 1.48. The fourth-order valence-electron chi connectivity index (χ4n) is 2.96. The Bertz CT molecular complexity index is 1200. The van der Waals surface area contributed by atoms with Gasteiger partial charge in [0.15, 0.2) is 0 Å². The number of hydrogen-bond donors (Lipinski definition) is 3. The van der Waals surface area contributed by atoms with Crippen LogP contribution in [-0.4, -0.2) is 26.2 Å². The molecule has 30 heavy (non-hydrogen) atoms. The minimum Gasteiger partial charge on any atom is -0.492 e. The second kappa shape index (κ2) is 8.64. The van der Waals surface area contributed by atoms with Crippen LogP contribution in [0.1, 0.15) is 18.2 Å². The number of halogens is 1. The van der Waals surface area contributed by atoms with Crippen LogP contribution in [0.5, 0.6) is 5.75 Å². The van der Waals surface area contributed by atoms with E-state index in [0.717, 1.165) is 17.0 Å². The molecule has 8 nitrogen and oxygen atoms in total. The monoisotopic (exact) mass is 408 g/mol. The second-order valence-electron chi connectivity index (χ2n) is 6.56. The third kappa shape index (κ3) is 4.40. The van der Waals surface area contributed by atoms with Gasteiger partial charge in [0.2, 0.25) is 5.95 Å². The van der Waals surface area contributed by atoms with Gasteiger partial charge >= 0.3 is 0 Å². The lowest BCUT2D eigenvalue weighted by atomic mass is 10.2. The van der Waals surface area contributed by atoms with E-state index in [4.69, 9.17) is 4.74 Å². The SMILES string of the molecule is CCOc1ccccc1NCc1cc(=O)n2[nH]c(NCc3ccc(F)cc3)nc2n1. The Labute approximate surface area is 171 Å². The second-order valence-corrected chi connectivity index (χ2v) is 6.56. The molecule has 0 aliphatic carbocycles. The van der Waals surface area contributed by atoms with Crippen molar-refractivity contribution < 1.29 is 9.13 Å². The van der Waals surface area contributed by atoms with E-state index in [1.54, 1.807) is 12.1 Å². The Morgan fingerprint density at radius 3 is 2.67 bits per heavy atom. The molecule has 0 atom stereocenters. The van der Waals surface area contributed by atoms with Crippen molar-refractivity contribution in [3.8, 4) is 5.75 Å². The number of hydrogen-bond acceptors (Lipinski definition) is 6. The number of ether oxygens (including phenoxy) is 1. The summed E-state index contributed by atoms with van der Waals surface area (Å²) >= 11 is 0. The predicted octanol–water partition coefficient (Wildman–Crippen LogP) is 3.18. The highest BCUT2D eigenvalue weighted by Crippen LogP contribution is 2.24. The molecule has 0 aliphatic rings. The Kier molecular flexibility index (Phi) is 5.60. The van der Waals surface area contributed by atoms with Crippen molar-refractivity contribution in [2.75, 3.05) is 17.2 Å². The van der Waals surface area contributed by atoms with E-state index in [1.165, 1.54) is 22.7 Å². The summed E-state index contributed by atoms with van der Waals surface area (Å²) in [5, 5.41) is 9.20. The van der Waals surface area contributed by atoms with Gasteiger partial charge in [0.05, 0.1) is 24.5 Å². The van der Waals surface area contributed by atoms with Crippen LogP contribution >= 0.6 is 0 Å². The average molecular weight is 408 g/mol. The summed E-state index contributed by atoms with van der Waals surface area (Å²) < 4.78 is 19.9. The minimum absolute atomic E-state index is 0.263. The van der Waals surface area contributed by atoms with Gasteiger partial charge in [-0.1, -0.05) is 24.3 Å². The fourth-order valence-corrected chi connectivity index (χ4v) is 2.96. The molecular formula is C21H21FN6O2. The highest BCUT2D eigenvalue weighted by atomic mass is 19.1. The minimum atomic E-state index is -0.289. The molecule has 0 bridgehead atoms. The number of nitrogens with one attached hydrogen (secondary N) is 3. The number of benzene rings is 2. The Hall–Kier alpha value is -3.88. The first-order chi connectivity index (χ1) is 14.6. The van der Waals surface area contributed by atoms with Crippen LogP contribution < -0.4 is 20.9 Å². The predicted molar refractivity (Wildman–Crippen MR) is 112 cm³/mol. The maximum Gasteiger partial charge on any atom is 0.274 e. The zero-order valence-electron chi connectivity index (χ0n) is 16.4. The molecule has 0 saturated heterocycles. The zero-order valence-corrected chi connectivity index (χ0v) is 16.4. The molecule has 0 amide bonds. The van der Waals surface area contributed by atoms with Crippen LogP contribution in [-0.2, 0) is 13.1 Å². The van der Waals surface area contributed by atoms with E-state index >= 15 is 0 Å². The maximum atomic E-state index is 13.0. The molecule has 2 aromatic heterocycles. The summed E-state index contributed by atoms with van der Waals surface area (Å²) in [4.78, 5) is 21.2. The quantitative estimate of drug-likeness (QED) is 0.414. The van der Waals surface area contributed by atoms with E-state index in [9.17, 15) is 9.18 Å². The van der Waals surface area contributed by atoms with Crippen LogP contribution in [0.2, 0.25) is 0 Å². The van der Waals surface area contributed by atoms with Crippen molar-refractivity contribution in [2.24, 2.45) is 0 Å². The van der Waals surface area contributed by atoms with Crippen molar-refractivity contribution in [1.82, 2.24) is 19.6 Å². The number of nitrogens with zero attached hydrogens (tertiary/aromatic N) is 3. The summed E-state index contributed by atoms with van der Waals surface area (Å²) in [6.07, 6.45) is 0. The summed E-state index contributed by atoms with van der Waals surface area (Å²) in [5.41, 5.74) is 2.00. The van der Waals surface area contributed by atoms with Crippen molar-refractivity contribution >= 4 is 17.4 Å². The van der Waals surface area contributed by atoms with Gasteiger partial charge in [-0.3, -0.25) is 9.89 Å². The van der Waals surface area contributed by atoms with Crippen LogP contribution in [0.15, 0.2) is 59.4 Å². The third-order valence-electron chi connectivity index (χ3n) is 4.40. The maximum absolute atomic E-state index is 13.0. The number of fused-ring (bicyclic) bond motifs is 1. The van der Waals surface area contributed by atoms with Crippen molar-refractivity contribution in [3.05, 3.63) is 82.0 Å². The van der Waals surface area contributed by atoms with Gasteiger partial charge in [0.1, 0.15) is 11.6 Å². The van der Waals surface area contributed by atoms with Crippen LogP contribution in [0.25, 0.3) is 5.78 Å². The lowest BCUT2D eigenvalue weighted by molar-refractivity contribution is 0.341. The first kappa shape index (κ1) is 19.4. The van der Waals surface area contributed by atoms with E-state index in [-0.39, 0.29) is 17.2 Å². The molecule has 2 aromatic carbocycles. The summed E-state index contributed by atoms with van der Waals surface area (Å²) in [7, 11) is 0. The third-order valence-corrected chi connectivity index (χ3v) is 4.40. The normalized spacial score (nSPS) is 10.9. The van der Waals surface area contributed by atoms with E-state index in [2.05, 4.69) is 25.7 Å². The molecule has 4 rings (SSSR count). The molecule has 4 aromatic rings. The molecule has 3 N–H and O–H groups in total. The molecule has 2 heterocycles. The molecule has 0 radical (unpaired) electrons. The molecule has 0 aliphatic heterocycles.